The lowest BCUT2D eigenvalue weighted by atomic mass is 9.81. The van der Waals surface area contributed by atoms with Gasteiger partial charge >= 0.3 is 0 Å². The zero-order valence-corrected chi connectivity index (χ0v) is 11.6. The molecule has 18 heavy (non-hydrogen) atoms. The second kappa shape index (κ2) is 6.55. The SMILES string of the molecule is CN(C(=O)C1CCC(CO)CC1)C1CCCCC1. The summed E-state index contributed by atoms with van der Waals surface area (Å²) in [7, 11) is 2.00. The van der Waals surface area contributed by atoms with Crippen molar-refractivity contribution < 1.29 is 9.90 Å². The molecule has 0 aromatic carbocycles. The molecular formula is C15H27NO2. The van der Waals surface area contributed by atoms with Crippen LogP contribution in [0.2, 0.25) is 0 Å². The standard InChI is InChI=1S/C15H27NO2/c1-16(14-5-3-2-4-6-14)15(18)13-9-7-12(11-17)8-10-13/h12-14,17H,2-11H2,1H3. The first-order valence-corrected chi connectivity index (χ1v) is 7.60. The van der Waals surface area contributed by atoms with E-state index in [1.165, 1.54) is 32.1 Å². The lowest BCUT2D eigenvalue weighted by Crippen LogP contribution is -2.42. The van der Waals surface area contributed by atoms with Crippen LogP contribution in [0.1, 0.15) is 57.8 Å². The van der Waals surface area contributed by atoms with Gasteiger partial charge in [-0.05, 0) is 44.4 Å². The summed E-state index contributed by atoms with van der Waals surface area (Å²) in [5, 5.41) is 9.13. The summed E-state index contributed by atoms with van der Waals surface area (Å²) in [6.07, 6.45) is 10.3. The summed E-state index contributed by atoms with van der Waals surface area (Å²) < 4.78 is 0. The fraction of sp³-hybridized carbons (Fsp3) is 0.933. The summed E-state index contributed by atoms with van der Waals surface area (Å²) in [5.74, 6) is 1.02. The number of amides is 1. The van der Waals surface area contributed by atoms with Gasteiger partial charge in [0.1, 0.15) is 0 Å². The molecule has 3 heteroatoms. The summed E-state index contributed by atoms with van der Waals surface area (Å²) in [5.41, 5.74) is 0. The molecule has 1 amide bonds. The molecular weight excluding hydrogens is 226 g/mol. The van der Waals surface area contributed by atoms with E-state index in [0.29, 0.717) is 24.5 Å². The van der Waals surface area contributed by atoms with Crippen molar-refractivity contribution in [1.29, 1.82) is 0 Å². The Hall–Kier alpha value is -0.570. The smallest absolute Gasteiger partial charge is 0.225 e. The summed E-state index contributed by atoms with van der Waals surface area (Å²) in [6.45, 7) is 0.291. The molecule has 2 rings (SSSR count). The zero-order chi connectivity index (χ0) is 13.0. The second-order valence-corrected chi connectivity index (χ2v) is 6.14. The fourth-order valence-electron chi connectivity index (χ4n) is 3.53. The van der Waals surface area contributed by atoms with Crippen molar-refractivity contribution in [2.24, 2.45) is 11.8 Å². The van der Waals surface area contributed by atoms with E-state index in [0.717, 1.165) is 25.7 Å². The van der Waals surface area contributed by atoms with Crippen molar-refractivity contribution >= 4 is 5.91 Å². The van der Waals surface area contributed by atoms with Crippen LogP contribution in [0.25, 0.3) is 0 Å². The average molecular weight is 253 g/mol. The van der Waals surface area contributed by atoms with Gasteiger partial charge in [-0.25, -0.2) is 0 Å². The van der Waals surface area contributed by atoms with Crippen LogP contribution in [0, 0.1) is 11.8 Å². The largest absolute Gasteiger partial charge is 0.396 e. The van der Waals surface area contributed by atoms with Crippen LogP contribution in [0.15, 0.2) is 0 Å². The van der Waals surface area contributed by atoms with Crippen molar-refractivity contribution in [1.82, 2.24) is 4.90 Å². The van der Waals surface area contributed by atoms with Gasteiger partial charge < -0.3 is 10.0 Å². The van der Waals surface area contributed by atoms with E-state index in [1.54, 1.807) is 0 Å². The number of hydrogen-bond acceptors (Lipinski definition) is 2. The Labute approximate surface area is 111 Å². The molecule has 0 aromatic rings. The molecule has 104 valence electrons. The van der Waals surface area contributed by atoms with E-state index in [9.17, 15) is 4.79 Å². The van der Waals surface area contributed by atoms with Gasteiger partial charge in [-0.15, -0.1) is 0 Å². The molecule has 1 N–H and O–H groups in total. The van der Waals surface area contributed by atoms with Gasteiger partial charge in [0.2, 0.25) is 5.91 Å². The summed E-state index contributed by atoms with van der Waals surface area (Å²) >= 11 is 0. The monoisotopic (exact) mass is 253 g/mol. The van der Waals surface area contributed by atoms with E-state index in [1.807, 2.05) is 11.9 Å². The van der Waals surface area contributed by atoms with Crippen molar-refractivity contribution in [2.75, 3.05) is 13.7 Å². The number of aliphatic hydroxyl groups is 1. The maximum absolute atomic E-state index is 12.5. The Morgan fingerprint density at radius 1 is 1.06 bits per heavy atom. The van der Waals surface area contributed by atoms with Crippen LogP contribution in [-0.2, 0) is 4.79 Å². The quantitative estimate of drug-likeness (QED) is 0.840. The minimum absolute atomic E-state index is 0.222. The van der Waals surface area contributed by atoms with Crippen molar-refractivity contribution in [3.05, 3.63) is 0 Å². The molecule has 2 fully saturated rings. The minimum Gasteiger partial charge on any atom is -0.396 e. The highest BCUT2D eigenvalue weighted by Gasteiger charge is 2.30. The lowest BCUT2D eigenvalue weighted by Gasteiger charge is -2.35. The van der Waals surface area contributed by atoms with Crippen LogP contribution in [-0.4, -0.2) is 35.6 Å². The van der Waals surface area contributed by atoms with Gasteiger partial charge in [-0.2, -0.15) is 0 Å². The topological polar surface area (TPSA) is 40.5 Å². The van der Waals surface area contributed by atoms with Gasteiger partial charge in [0.25, 0.3) is 0 Å². The fourth-order valence-corrected chi connectivity index (χ4v) is 3.53. The highest BCUT2D eigenvalue weighted by Crippen LogP contribution is 2.31. The number of aliphatic hydroxyl groups excluding tert-OH is 1. The molecule has 0 bridgehead atoms. The first kappa shape index (κ1) is 13.9. The number of nitrogens with zero attached hydrogens (tertiary/aromatic N) is 1. The van der Waals surface area contributed by atoms with E-state index in [2.05, 4.69) is 0 Å². The number of hydrogen-bond donors (Lipinski definition) is 1. The number of carbonyl (C=O) groups excluding carboxylic acids is 1. The molecule has 0 saturated heterocycles. The van der Waals surface area contributed by atoms with Crippen LogP contribution in [0.4, 0.5) is 0 Å². The molecule has 3 nitrogen and oxygen atoms in total. The molecule has 0 aliphatic heterocycles. The van der Waals surface area contributed by atoms with Crippen LogP contribution < -0.4 is 0 Å². The van der Waals surface area contributed by atoms with Crippen molar-refractivity contribution in [3.8, 4) is 0 Å². The Kier molecular flexibility index (Phi) is 5.04. The highest BCUT2D eigenvalue weighted by atomic mass is 16.3. The molecule has 2 aliphatic carbocycles. The maximum Gasteiger partial charge on any atom is 0.225 e. The summed E-state index contributed by atoms with van der Waals surface area (Å²) in [6, 6.07) is 0.488. The first-order valence-electron chi connectivity index (χ1n) is 7.60. The average Bonchev–Trinajstić information content (AvgIpc) is 2.47. The second-order valence-electron chi connectivity index (χ2n) is 6.14. The molecule has 2 aliphatic rings. The van der Waals surface area contributed by atoms with Gasteiger partial charge in [0.05, 0.1) is 0 Å². The predicted octanol–water partition coefficient (Wildman–Crippen LogP) is 2.58. The zero-order valence-electron chi connectivity index (χ0n) is 11.6. The third-order valence-corrected chi connectivity index (χ3v) is 4.92. The van der Waals surface area contributed by atoms with Gasteiger partial charge in [-0.3, -0.25) is 4.79 Å². The van der Waals surface area contributed by atoms with E-state index in [4.69, 9.17) is 5.11 Å². The van der Waals surface area contributed by atoms with E-state index >= 15 is 0 Å². The molecule has 0 spiro atoms. The number of carbonyl (C=O) groups is 1. The Morgan fingerprint density at radius 2 is 1.67 bits per heavy atom. The minimum atomic E-state index is 0.222. The Balaban J connectivity index is 1.83. The lowest BCUT2D eigenvalue weighted by molar-refractivity contribution is -0.138. The molecule has 2 saturated carbocycles. The van der Waals surface area contributed by atoms with Gasteiger partial charge in [0.15, 0.2) is 0 Å². The normalized spacial score (nSPS) is 30.1. The van der Waals surface area contributed by atoms with E-state index in [-0.39, 0.29) is 5.92 Å². The third-order valence-electron chi connectivity index (χ3n) is 4.92. The van der Waals surface area contributed by atoms with Crippen LogP contribution in [0.3, 0.4) is 0 Å². The van der Waals surface area contributed by atoms with Gasteiger partial charge in [0, 0.05) is 25.6 Å². The van der Waals surface area contributed by atoms with Gasteiger partial charge in [-0.1, -0.05) is 19.3 Å². The highest BCUT2D eigenvalue weighted by molar-refractivity contribution is 5.79. The first-order chi connectivity index (χ1) is 8.72. The molecule has 0 radical (unpaired) electrons. The maximum atomic E-state index is 12.5. The Morgan fingerprint density at radius 3 is 2.22 bits per heavy atom. The van der Waals surface area contributed by atoms with Crippen molar-refractivity contribution in [2.45, 2.75) is 63.8 Å². The molecule has 0 heterocycles. The van der Waals surface area contributed by atoms with E-state index < -0.39 is 0 Å². The molecule has 0 aromatic heterocycles. The van der Waals surface area contributed by atoms with Crippen LogP contribution in [0.5, 0.6) is 0 Å². The van der Waals surface area contributed by atoms with Crippen molar-refractivity contribution in [3.63, 3.8) is 0 Å². The third kappa shape index (κ3) is 3.25. The summed E-state index contributed by atoms with van der Waals surface area (Å²) in [4.78, 5) is 14.5. The predicted molar refractivity (Wildman–Crippen MR) is 72.2 cm³/mol. The molecule has 0 unspecified atom stereocenters. The number of rotatable bonds is 3. The van der Waals surface area contributed by atoms with Crippen LogP contribution >= 0.6 is 0 Å². The Bertz CT molecular complexity index is 266. The molecule has 0 atom stereocenters.